The summed E-state index contributed by atoms with van der Waals surface area (Å²) < 4.78 is 1.86. The Morgan fingerprint density at radius 2 is 2.19 bits per heavy atom. The number of amides is 1. The molecule has 0 aliphatic carbocycles. The zero-order valence-electron chi connectivity index (χ0n) is 12.3. The highest BCUT2D eigenvalue weighted by Crippen LogP contribution is 2.18. The van der Waals surface area contributed by atoms with Crippen molar-refractivity contribution in [2.45, 2.75) is 37.5 Å². The van der Waals surface area contributed by atoms with Crippen molar-refractivity contribution in [3.05, 3.63) is 6.33 Å². The molecule has 0 bridgehead atoms. The van der Waals surface area contributed by atoms with Gasteiger partial charge in [0, 0.05) is 6.04 Å². The van der Waals surface area contributed by atoms with E-state index < -0.39 is 12.0 Å². The van der Waals surface area contributed by atoms with E-state index in [4.69, 9.17) is 5.11 Å². The molecule has 21 heavy (non-hydrogen) atoms. The van der Waals surface area contributed by atoms with Crippen LogP contribution in [0, 0.1) is 0 Å². The third kappa shape index (κ3) is 5.96. The lowest BCUT2D eigenvalue weighted by Gasteiger charge is -2.14. The highest BCUT2D eigenvalue weighted by atomic mass is 32.2. The molecule has 118 valence electrons. The van der Waals surface area contributed by atoms with Gasteiger partial charge < -0.3 is 15.0 Å². The van der Waals surface area contributed by atoms with Crippen LogP contribution in [-0.2, 0) is 9.59 Å². The summed E-state index contributed by atoms with van der Waals surface area (Å²) in [5.74, 6) is -0.514. The summed E-state index contributed by atoms with van der Waals surface area (Å²) in [6.45, 7) is 3.99. The van der Waals surface area contributed by atoms with Gasteiger partial charge in [-0.25, -0.2) is 4.79 Å². The molecular weight excluding hydrogens is 312 g/mol. The number of aliphatic carboxylic acids is 1. The van der Waals surface area contributed by atoms with Crippen LogP contribution < -0.4 is 5.32 Å². The maximum Gasteiger partial charge on any atom is 0.326 e. The molecule has 0 aromatic carbocycles. The van der Waals surface area contributed by atoms with Crippen molar-refractivity contribution in [3.63, 3.8) is 0 Å². The highest BCUT2D eigenvalue weighted by Gasteiger charge is 2.20. The van der Waals surface area contributed by atoms with Crippen LogP contribution in [-0.4, -0.2) is 55.6 Å². The van der Waals surface area contributed by atoms with Gasteiger partial charge in [-0.05, 0) is 32.3 Å². The largest absolute Gasteiger partial charge is 0.480 e. The molecule has 0 fully saturated rings. The summed E-state index contributed by atoms with van der Waals surface area (Å²) in [6.07, 6.45) is 3.92. The van der Waals surface area contributed by atoms with Gasteiger partial charge in [0.15, 0.2) is 5.16 Å². The lowest BCUT2D eigenvalue weighted by Crippen LogP contribution is -2.42. The third-order valence-corrected chi connectivity index (χ3v) is 4.27. The van der Waals surface area contributed by atoms with E-state index in [1.54, 1.807) is 18.1 Å². The van der Waals surface area contributed by atoms with Gasteiger partial charge in [0.05, 0.1) is 5.75 Å². The van der Waals surface area contributed by atoms with Crippen molar-refractivity contribution in [3.8, 4) is 0 Å². The average molecular weight is 332 g/mol. The molecule has 1 aromatic rings. The number of nitrogens with zero attached hydrogens (tertiary/aromatic N) is 3. The molecule has 7 nitrogen and oxygen atoms in total. The molecule has 0 saturated heterocycles. The van der Waals surface area contributed by atoms with Gasteiger partial charge in [-0.3, -0.25) is 4.79 Å². The smallest absolute Gasteiger partial charge is 0.326 e. The second-order valence-corrected chi connectivity index (χ2v) is 6.57. The SMILES string of the molecule is CSCC[C@@H](NC(=O)CSc1nncn1C(C)C)C(=O)O. The van der Waals surface area contributed by atoms with Crippen molar-refractivity contribution < 1.29 is 14.7 Å². The number of carboxylic acid groups (broad SMARTS) is 1. The molecule has 0 saturated carbocycles. The van der Waals surface area contributed by atoms with E-state index in [0.29, 0.717) is 17.3 Å². The molecule has 0 unspecified atom stereocenters. The maximum atomic E-state index is 11.8. The van der Waals surface area contributed by atoms with E-state index in [2.05, 4.69) is 15.5 Å². The van der Waals surface area contributed by atoms with Gasteiger partial charge in [-0.2, -0.15) is 11.8 Å². The first-order valence-corrected chi connectivity index (χ1v) is 8.87. The van der Waals surface area contributed by atoms with Crippen LogP contribution in [0.4, 0.5) is 0 Å². The van der Waals surface area contributed by atoms with Crippen LogP contribution in [0.3, 0.4) is 0 Å². The van der Waals surface area contributed by atoms with Crippen LogP contribution in [0.25, 0.3) is 0 Å². The van der Waals surface area contributed by atoms with Crippen LogP contribution >= 0.6 is 23.5 Å². The molecule has 1 atom stereocenters. The molecule has 1 amide bonds. The number of aromatic nitrogens is 3. The Bertz CT molecular complexity index is 479. The fraction of sp³-hybridized carbons (Fsp3) is 0.667. The normalized spacial score (nSPS) is 12.4. The van der Waals surface area contributed by atoms with E-state index >= 15 is 0 Å². The lowest BCUT2D eigenvalue weighted by atomic mass is 10.2. The summed E-state index contributed by atoms with van der Waals surface area (Å²) in [5.41, 5.74) is 0. The van der Waals surface area contributed by atoms with Crippen LogP contribution in [0.1, 0.15) is 26.3 Å². The third-order valence-electron chi connectivity index (χ3n) is 2.67. The van der Waals surface area contributed by atoms with E-state index in [9.17, 15) is 9.59 Å². The summed E-state index contributed by atoms with van der Waals surface area (Å²) in [7, 11) is 0. The Balaban J connectivity index is 2.49. The van der Waals surface area contributed by atoms with Gasteiger partial charge >= 0.3 is 5.97 Å². The number of hydrogen-bond donors (Lipinski definition) is 2. The predicted octanol–water partition coefficient (Wildman–Crippen LogP) is 1.27. The molecule has 0 radical (unpaired) electrons. The Morgan fingerprint density at radius 1 is 1.48 bits per heavy atom. The Hall–Kier alpha value is -1.22. The summed E-state index contributed by atoms with van der Waals surface area (Å²) in [4.78, 5) is 22.9. The van der Waals surface area contributed by atoms with Gasteiger partial charge in [-0.15, -0.1) is 10.2 Å². The van der Waals surface area contributed by atoms with E-state index in [1.165, 1.54) is 11.8 Å². The van der Waals surface area contributed by atoms with Crippen LogP contribution in [0.5, 0.6) is 0 Å². The zero-order chi connectivity index (χ0) is 15.8. The number of carboxylic acids is 1. The van der Waals surface area contributed by atoms with Crippen molar-refractivity contribution in [2.75, 3.05) is 17.8 Å². The molecule has 0 spiro atoms. The molecule has 9 heteroatoms. The maximum absolute atomic E-state index is 11.8. The Kier molecular flexibility index (Phi) is 7.58. The monoisotopic (exact) mass is 332 g/mol. The number of thioether (sulfide) groups is 2. The minimum atomic E-state index is -1.01. The Labute approximate surface area is 132 Å². The highest BCUT2D eigenvalue weighted by molar-refractivity contribution is 7.99. The van der Waals surface area contributed by atoms with Crippen LogP contribution in [0.15, 0.2) is 11.5 Å². The standard InChI is InChI=1S/C12H20N4O3S2/c1-8(2)16-7-13-15-12(16)21-6-10(17)14-9(11(18)19)4-5-20-3/h7-9H,4-6H2,1-3H3,(H,14,17)(H,18,19)/t9-/m1/s1. The second-order valence-electron chi connectivity index (χ2n) is 4.64. The molecule has 1 aromatic heterocycles. The zero-order valence-corrected chi connectivity index (χ0v) is 13.9. The first-order chi connectivity index (χ1) is 9.95. The molecular formula is C12H20N4O3S2. The van der Waals surface area contributed by atoms with Crippen molar-refractivity contribution in [1.29, 1.82) is 0 Å². The van der Waals surface area contributed by atoms with Crippen molar-refractivity contribution in [2.24, 2.45) is 0 Å². The summed E-state index contributed by atoms with van der Waals surface area (Å²) >= 11 is 2.80. The molecule has 0 aliphatic heterocycles. The lowest BCUT2D eigenvalue weighted by molar-refractivity contribution is -0.141. The van der Waals surface area contributed by atoms with Crippen molar-refractivity contribution in [1.82, 2.24) is 20.1 Å². The fourth-order valence-corrected chi connectivity index (χ4v) is 2.88. The van der Waals surface area contributed by atoms with Gasteiger partial charge in [-0.1, -0.05) is 11.8 Å². The molecule has 1 heterocycles. The van der Waals surface area contributed by atoms with E-state index in [0.717, 1.165) is 0 Å². The number of rotatable bonds is 9. The van der Waals surface area contributed by atoms with E-state index in [-0.39, 0.29) is 17.7 Å². The number of carbonyl (C=O) groups is 2. The Morgan fingerprint density at radius 3 is 2.76 bits per heavy atom. The molecule has 1 rings (SSSR count). The first kappa shape index (κ1) is 17.8. The minimum absolute atomic E-state index is 0.120. The first-order valence-electron chi connectivity index (χ1n) is 6.49. The number of nitrogens with one attached hydrogen (secondary N) is 1. The topological polar surface area (TPSA) is 97.1 Å². The quantitative estimate of drug-likeness (QED) is 0.657. The second kappa shape index (κ2) is 8.93. The van der Waals surface area contributed by atoms with Gasteiger partial charge in [0.25, 0.3) is 0 Å². The number of carbonyl (C=O) groups excluding carboxylic acids is 1. The molecule has 2 N–H and O–H groups in total. The molecule has 0 aliphatic rings. The number of hydrogen-bond acceptors (Lipinski definition) is 6. The van der Waals surface area contributed by atoms with Gasteiger partial charge in [0.1, 0.15) is 12.4 Å². The fourth-order valence-electron chi connectivity index (χ4n) is 1.55. The van der Waals surface area contributed by atoms with Crippen molar-refractivity contribution >= 4 is 35.4 Å². The van der Waals surface area contributed by atoms with Crippen LogP contribution in [0.2, 0.25) is 0 Å². The predicted molar refractivity (Wildman–Crippen MR) is 83.7 cm³/mol. The minimum Gasteiger partial charge on any atom is -0.480 e. The van der Waals surface area contributed by atoms with E-state index in [1.807, 2.05) is 24.7 Å². The summed E-state index contributed by atoms with van der Waals surface area (Å²) in [6, 6.07) is -0.632. The summed E-state index contributed by atoms with van der Waals surface area (Å²) in [5, 5.41) is 20.0. The van der Waals surface area contributed by atoms with Gasteiger partial charge in [0.2, 0.25) is 5.91 Å². The average Bonchev–Trinajstić information content (AvgIpc) is 2.89.